The number of ether oxygens (including phenoxy) is 1. The quantitative estimate of drug-likeness (QED) is 0.523. The number of carbonyl (C=O) groups is 2. The SMILES string of the molecule is COc1ccc(-c2nnc(NC(=O)c3ccc(NC(=O)C(Cl)(Cl)Cl)cc3)s2)cc1. The topological polar surface area (TPSA) is 93.2 Å². The van der Waals surface area contributed by atoms with Gasteiger partial charge in [-0.25, -0.2) is 0 Å². The molecule has 1 aromatic heterocycles. The van der Waals surface area contributed by atoms with Crippen LogP contribution < -0.4 is 15.4 Å². The number of nitrogens with one attached hydrogen (secondary N) is 2. The van der Waals surface area contributed by atoms with E-state index in [1.807, 2.05) is 24.3 Å². The maximum absolute atomic E-state index is 12.4. The number of anilines is 2. The Hall–Kier alpha value is -2.39. The van der Waals surface area contributed by atoms with Gasteiger partial charge in [0.1, 0.15) is 10.8 Å². The minimum absolute atomic E-state index is 0.356. The highest BCUT2D eigenvalue weighted by Crippen LogP contribution is 2.29. The molecule has 3 aromatic rings. The first-order valence-electron chi connectivity index (χ1n) is 8.04. The zero-order valence-corrected chi connectivity index (χ0v) is 17.9. The number of hydrogen-bond donors (Lipinski definition) is 2. The molecule has 0 bridgehead atoms. The molecule has 2 aromatic carbocycles. The van der Waals surface area contributed by atoms with Crippen LogP contribution in [-0.4, -0.2) is 32.9 Å². The summed E-state index contributed by atoms with van der Waals surface area (Å²) in [6.07, 6.45) is 0. The van der Waals surface area contributed by atoms with Crippen molar-refractivity contribution in [2.45, 2.75) is 3.79 Å². The standard InChI is InChI=1S/C18H13Cl3N4O3S/c1-28-13-8-4-11(5-9-13)15-24-25-17(29-15)23-14(26)10-2-6-12(7-3-10)22-16(27)18(19,20)21/h2-9H,1H3,(H,22,27)(H,23,25,26). The molecule has 29 heavy (non-hydrogen) atoms. The van der Waals surface area contributed by atoms with E-state index in [1.54, 1.807) is 7.11 Å². The van der Waals surface area contributed by atoms with Crippen LogP contribution in [0.4, 0.5) is 10.8 Å². The number of halogens is 3. The van der Waals surface area contributed by atoms with Crippen molar-refractivity contribution in [3.8, 4) is 16.3 Å². The number of rotatable bonds is 5. The summed E-state index contributed by atoms with van der Waals surface area (Å²) < 4.78 is 3.05. The Morgan fingerprint density at radius 1 is 0.966 bits per heavy atom. The lowest BCUT2D eigenvalue weighted by Gasteiger charge is -2.11. The second kappa shape index (κ2) is 8.96. The largest absolute Gasteiger partial charge is 0.497 e. The molecule has 0 atom stereocenters. The van der Waals surface area contributed by atoms with E-state index in [0.717, 1.165) is 11.3 Å². The minimum Gasteiger partial charge on any atom is -0.497 e. The van der Waals surface area contributed by atoms with Gasteiger partial charge < -0.3 is 10.1 Å². The third-order valence-corrected chi connectivity index (χ3v) is 5.05. The molecule has 0 aliphatic rings. The highest BCUT2D eigenvalue weighted by Gasteiger charge is 2.30. The fourth-order valence-corrected chi connectivity index (χ4v) is 3.09. The van der Waals surface area contributed by atoms with Crippen molar-refractivity contribution in [3.05, 3.63) is 54.1 Å². The van der Waals surface area contributed by atoms with Crippen molar-refractivity contribution in [2.24, 2.45) is 0 Å². The fraction of sp³-hybridized carbons (Fsp3) is 0.111. The summed E-state index contributed by atoms with van der Waals surface area (Å²) in [7, 11) is 1.59. The number of benzene rings is 2. The monoisotopic (exact) mass is 470 g/mol. The molecular formula is C18H13Cl3N4O3S. The molecule has 0 saturated carbocycles. The maximum Gasteiger partial charge on any atom is 0.276 e. The zero-order valence-electron chi connectivity index (χ0n) is 14.8. The van der Waals surface area contributed by atoms with Crippen molar-refractivity contribution < 1.29 is 14.3 Å². The molecule has 1 heterocycles. The number of amides is 2. The number of hydrogen-bond acceptors (Lipinski definition) is 6. The Labute approximate surface area is 184 Å². The van der Waals surface area contributed by atoms with Crippen molar-refractivity contribution in [1.29, 1.82) is 0 Å². The first-order chi connectivity index (χ1) is 13.8. The third kappa shape index (κ3) is 5.57. The van der Waals surface area contributed by atoms with E-state index in [1.165, 1.54) is 35.6 Å². The number of nitrogens with zero attached hydrogens (tertiary/aromatic N) is 2. The highest BCUT2D eigenvalue weighted by atomic mass is 35.6. The van der Waals surface area contributed by atoms with Gasteiger partial charge in [-0.15, -0.1) is 10.2 Å². The zero-order chi connectivity index (χ0) is 21.0. The number of carbonyl (C=O) groups excluding carboxylic acids is 2. The lowest BCUT2D eigenvalue weighted by molar-refractivity contribution is -0.115. The van der Waals surface area contributed by atoms with Gasteiger partial charge in [0.25, 0.3) is 15.6 Å². The van der Waals surface area contributed by atoms with Crippen LogP contribution in [0.1, 0.15) is 10.4 Å². The molecule has 0 radical (unpaired) electrons. The number of aromatic nitrogens is 2. The van der Waals surface area contributed by atoms with Gasteiger partial charge in [-0.1, -0.05) is 46.1 Å². The van der Waals surface area contributed by atoms with E-state index in [9.17, 15) is 9.59 Å². The summed E-state index contributed by atoms with van der Waals surface area (Å²) in [5, 5.41) is 14.2. The summed E-state index contributed by atoms with van der Waals surface area (Å²) in [4.78, 5) is 24.0. The van der Waals surface area contributed by atoms with E-state index in [-0.39, 0.29) is 5.91 Å². The van der Waals surface area contributed by atoms with Gasteiger partial charge in [0.05, 0.1) is 7.11 Å². The van der Waals surface area contributed by atoms with E-state index in [2.05, 4.69) is 20.8 Å². The molecule has 0 fully saturated rings. The first kappa shape index (κ1) is 21.3. The molecule has 0 unspecified atom stereocenters. The molecule has 0 aliphatic heterocycles. The molecule has 11 heteroatoms. The lowest BCUT2D eigenvalue weighted by Crippen LogP contribution is -2.26. The Morgan fingerprint density at radius 2 is 1.62 bits per heavy atom. The smallest absolute Gasteiger partial charge is 0.276 e. The van der Waals surface area contributed by atoms with Gasteiger partial charge in [0, 0.05) is 16.8 Å². The van der Waals surface area contributed by atoms with Crippen LogP contribution in [0.3, 0.4) is 0 Å². The van der Waals surface area contributed by atoms with Gasteiger partial charge in [0.15, 0.2) is 0 Å². The predicted molar refractivity (Wildman–Crippen MR) is 115 cm³/mol. The van der Waals surface area contributed by atoms with Crippen LogP contribution in [0.2, 0.25) is 0 Å². The van der Waals surface area contributed by atoms with Crippen LogP contribution in [0, 0.1) is 0 Å². The predicted octanol–water partition coefficient (Wildman–Crippen LogP) is 4.77. The van der Waals surface area contributed by atoms with Crippen LogP contribution >= 0.6 is 46.1 Å². The van der Waals surface area contributed by atoms with Crippen LogP contribution in [0.25, 0.3) is 10.6 Å². The van der Waals surface area contributed by atoms with E-state index >= 15 is 0 Å². The van der Waals surface area contributed by atoms with Crippen molar-refractivity contribution >= 4 is 68.8 Å². The summed E-state index contributed by atoms with van der Waals surface area (Å²) >= 11 is 17.8. The van der Waals surface area contributed by atoms with Gasteiger partial charge >= 0.3 is 0 Å². The summed E-state index contributed by atoms with van der Waals surface area (Å²) in [6, 6.07) is 13.4. The molecule has 3 rings (SSSR count). The van der Waals surface area contributed by atoms with E-state index < -0.39 is 9.70 Å². The van der Waals surface area contributed by atoms with Gasteiger partial charge in [-0.2, -0.15) is 0 Å². The molecule has 0 saturated heterocycles. The average Bonchev–Trinajstić information content (AvgIpc) is 3.16. The Balaban J connectivity index is 1.64. The third-order valence-electron chi connectivity index (χ3n) is 3.64. The van der Waals surface area contributed by atoms with Gasteiger partial charge in [0.2, 0.25) is 5.13 Å². The molecular weight excluding hydrogens is 459 g/mol. The minimum atomic E-state index is -2.07. The van der Waals surface area contributed by atoms with Crippen LogP contribution in [0.15, 0.2) is 48.5 Å². The summed E-state index contributed by atoms with van der Waals surface area (Å²) in [6.45, 7) is 0. The molecule has 0 aliphatic carbocycles. The van der Waals surface area contributed by atoms with Crippen molar-refractivity contribution in [3.63, 3.8) is 0 Å². The molecule has 2 N–H and O–H groups in total. The lowest BCUT2D eigenvalue weighted by atomic mass is 10.2. The summed E-state index contributed by atoms with van der Waals surface area (Å²) in [5.41, 5.74) is 1.60. The van der Waals surface area contributed by atoms with Gasteiger partial charge in [-0.3, -0.25) is 14.9 Å². The number of alkyl halides is 3. The van der Waals surface area contributed by atoms with Crippen LogP contribution in [0.5, 0.6) is 5.75 Å². The average molecular weight is 472 g/mol. The molecule has 0 spiro atoms. The van der Waals surface area contributed by atoms with Crippen molar-refractivity contribution in [1.82, 2.24) is 10.2 Å². The van der Waals surface area contributed by atoms with E-state index in [4.69, 9.17) is 39.5 Å². The van der Waals surface area contributed by atoms with Crippen molar-refractivity contribution in [2.75, 3.05) is 17.7 Å². The Kier molecular flexibility index (Phi) is 6.59. The number of methoxy groups -OCH3 is 1. The summed E-state index contributed by atoms with van der Waals surface area (Å²) in [5.74, 6) is -0.429. The van der Waals surface area contributed by atoms with E-state index in [0.29, 0.717) is 21.4 Å². The van der Waals surface area contributed by atoms with Gasteiger partial charge in [-0.05, 0) is 48.5 Å². The second-order valence-electron chi connectivity index (χ2n) is 5.62. The fourth-order valence-electron chi connectivity index (χ4n) is 2.20. The second-order valence-corrected chi connectivity index (χ2v) is 8.88. The molecule has 150 valence electrons. The van der Waals surface area contributed by atoms with Crippen LogP contribution in [-0.2, 0) is 4.79 Å². The molecule has 7 nitrogen and oxygen atoms in total. The first-order valence-corrected chi connectivity index (χ1v) is 9.99. The highest BCUT2D eigenvalue weighted by molar-refractivity contribution is 7.18. The maximum atomic E-state index is 12.4. The molecule has 2 amide bonds. The Bertz CT molecular complexity index is 1020. The Morgan fingerprint density at radius 3 is 2.21 bits per heavy atom. The normalized spacial score (nSPS) is 11.0.